The van der Waals surface area contributed by atoms with Crippen LogP contribution in [-0.2, 0) is 6.54 Å². The topological polar surface area (TPSA) is 71.8 Å². The SMILES string of the molecule is O=C(NCc1ccc(-n2ccnc2)nc1)NC1CC2CCC1C2. The molecule has 0 aromatic carbocycles. The fourth-order valence-electron chi connectivity index (χ4n) is 3.89. The molecule has 2 aromatic rings. The number of urea groups is 1. The normalized spacial score (nSPS) is 25.5. The summed E-state index contributed by atoms with van der Waals surface area (Å²) in [5.74, 6) is 2.35. The number of nitrogens with one attached hydrogen (secondary N) is 2. The Bertz CT molecular complexity index is 667. The first-order valence-corrected chi connectivity index (χ1v) is 8.25. The van der Waals surface area contributed by atoms with E-state index in [0.29, 0.717) is 18.5 Å². The van der Waals surface area contributed by atoms with Crippen molar-refractivity contribution in [3.05, 3.63) is 42.6 Å². The van der Waals surface area contributed by atoms with Crippen molar-refractivity contribution in [3.63, 3.8) is 0 Å². The highest BCUT2D eigenvalue weighted by atomic mass is 16.2. The standard InChI is InChI=1S/C17H21N5O/c23-17(21-15-8-12-1-3-14(15)7-12)20-10-13-2-4-16(19-9-13)22-6-5-18-11-22/h2,4-6,9,11-12,14-15H,1,3,7-8,10H2,(H2,20,21,23). The Hall–Kier alpha value is -2.37. The third-order valence-corrected chi connectivity index (χ3v) is 5.09. The van der Waals surface area contributed by atoms with Crippen molar-refractivity contribution in [1.29, 1.82) is 0 Å². The number of nitrogens with zero attached hydrogens (tertiary/aromatic N) is 3. The van der Waals surface area contributed by atoms with Crippen LogP contribution in [0.4, 0.5) is 4.79 Å². The van der Waals surface area contributed by atoms with E-state index in [1.54, 1.807) is 18.7 Å². The number of amides is 2. The van der Waals surface area contributed by atoms with Crippen molar-refractivity contribution >= 4 is 6.03 Å². The van der Waals surface area contributed by atoms with Crippen molar-refractivity contribution in [2.24, 2.45) is 11.8 Å². The molecule has 120 valence electrons. The summed E-state index contributed by atoms with van der Waals surface area (Å²) in [6.07, 6.45) is 12.1. The van der Waals surface area contributed by atoms with Gasteiger partial charge in [-0.2, -0.15) is 0 Å². The number of hydrogen-bond donors (Lipinski definition) is 2. The van der Waals surface area contributed by atoms with Gasteiger partial charge in [0.1, 0.15) is 12.1 Å². The Morgan fingerprint density at radius 2 is 2.26 bits per heavy atom. The van der Waals surface area contributed by atoms with Gasteiger partial charge in [0.15, 0.2) is 0 Å². The lowest BCUT2D eigenvalue weighted by Gasteiger charge is -2.23. The maximum atomic E-state index is 12.0. The number of pyridine rings is 1. The molecule has 2 bridgehead atoms. The van der Waals surface area contributed by atoms with Gasteiger partial charge in [-0.3, -0.25) is 4.57 Å². The molecule has 2 aliphatic rings. The van der Waals surface area contributed by atoms with Crippen molar-refractivity contribution in [2.75, 3.05) is 0 Å². The fourth-order valence-corrected chi connectivity index (χ4v) is 3.89. The molecule has 0 spiro atoms. The van der Waals surface area contributed by atoms with Crippen LogP contribution in [0.2, 0.25) is 0 Å². The van der Waals surface area contributed by atoms with Gasteiger partial charge in [-0.25, -0.2) is 14.8 Å². The summed E-state index contributed by atoms with van der Waals surface area (Å²) < 4.78 is 1.85. The van der Waals surface area contributed by atoms with Crippen molar-refractivity contribution in [2.45, 2.75) is 38.3 Å². The lowest BCUT2D eigenvalue weighted by atomic mass is 9.95. The van der Waals surface area contributed by atoms with Gasteiger partial charge in [-0.05, 0) is 42.7 Å². The van der Waals surface area contributed by atoms with Gasteiger partial charge in [0.25, 0.3) is 0 Å². The second-order valence-corrected chi connectivity index (χ2v) is 6.60. The van der Waals surface area contributed by atoms with Crippen molar-refractivity contribution in [1.82, 2.24) is 25.2 Å². The molecular formula is C17H21N5O. The van der Waals surface area contributed by atoms with E-state index < -0.39 is 0 Å². The number of rotatable bonds is 4. The molecule has 0 saturated heterocycles. The van der Waals surface area contributed by atoms with E-state index in [4.69, 9.17) is 0 Å². The van der Waals surface area contributed by atoms with Crippen LogP contribution < -0.4 is 10.6 Å². The van der Waals surface area contributed by atoms with Gasteiger partial charge in [0.2, 0.25) is 0 Å². The lowest BCUT2D eigenvalue weighted by molar-refractivity contribution is 0.230. The number of imidazole rings is 1. The van der Waals surface area contributed by atoms with Crippen molar-refractivity contribution < 1.29 is 4.79 Å². The summed E-state index contributed by atoms with van der Waals surface area (Å²) in [6, 6.07) is 4.20. The molecule has 2 fully saturated rings. The summed E-state index contributed by atoms with van der Waals surface area (Å²) in [5, 5.41) is 6.06. The zero-order valence-electron chi connectivity index (χ0n) is 13.0. The van der Waals surface area contributed by atoms with Gasteiger partial charge >= 0.3 is 6.03 Å². The third-order valence-electron chi connectivity index (χ3n) is 5.09. The van der Waals surface area contributed by atoms with E-state index in [0.717, 1.165) is 23.7 Å². The highest BCUT2D eigenvalue weighted by Crippen LogP contribution is 2.44. The molecule has 6 heteroatoms. The van der Waals surface area contributed by atoms with Gasteiger partial charge in [0.05, 0.1) is 0 Å². The molecule has 2 saturated carbocycles. The average molecular weight is 311 g/mol. The maximum absolute atomic E-state index is 12.0. The Kier molecular flexibility index (Phi) is 3.73. The van der Waals surface area contributed by atoms with Crippen LogP contribution in [0.5, 0.6) is 0 Å². The molecule has 6 nitrogen and oxygen atoms in total. The first kappa shape index (κ1) is 14.2. The smallest absolute Gasteiger partial charge is 0.315 e. The minimum Gasteiger partial charge on any atom is -0.335 e. The van der Waals surface area contributed by atoms with Crippen LogP contribution in [-0.4, -0.2) is 26.6 Å². The summed E-state index contributed by atoms with van der Waals surface area (Å²) in [7, 11) is 0. The molecule has 2 aromatic heterocycles. The molecule has 2 heterocycles. The molecule has 3 atom stereocenters. The molecule has 4 rings (SSSR count). The monoisotopic (exact) mass is 311 g/mol. The molecule has 0 radical (unpaired) electrons. The van der Waals surface area contributed by atoms with E-state index in [2.05, 4.69) is 20.6 Å². The molecule has 23 heavy (non-hydrogen) atoms. The van der Waals surface area contributed by atoms with E-state index in [1.807, 2.05) is 22.9 Å². The minimum absolute atomic E-state index is 0.0683. The van der Waals surface area contributed by atoms with E-state index in [-0.39, 0.29) is 6.03 Å². The van der Waals surface area contributed by atoms with Gasteiger partial charge in [0, 0.05) is 31.2 Å². The zero-order valence-corrected chi connectivity index (χ0v) is 13.0. The van der Waals surface area contributed by atoms with E-state index in [9.17, 15) is 4.79 Å². The van der Waals surface area contributed by atoms with Crippen molar-refractivity contribution in [3.8, 4) is 5.82 Å². The molecule has 3 unspecified atom stereocenters. The fraction of sp³-hybridized carbons (Fsp3) is 0.471. The predicted octanol–water partition coefficient (Wildman–Crippen LogP) is 2.26. The maximum Gasteiger partial charge on any atom is 0.315 e. The predicted molar refractivity (Wildman–Crippen MR) is 86.0 cm³/mol. The highest BCUT2D eigenvalue weighted by molar-refractivity contribution is 5.74. The highest BCUT2D eigenvalue weighted by Gasteiger charge is 2.40. The molecule has 0 aliphatic heterocycles. The lowest BCUT2D eigenvalue weighted by Crippen LogP contribution is -2.44. The quantitative estimate of drug-likeness (QED) is 0.909. The number of carbonyl (C=O) groups is 1. The minimum atomic E-state index is -0.0683. The largest absolute Gasteiger partial charge is 0.335 e. The molecule has 2 N–H and O–H groups in total. The van der Waals surface area contributed by atoms with E-state index >= 15 is 0 Å². The first-order chi connectivity index (χ1) is 11.3. The summed E-state index contributed by atoms with van der Waals surface area (Å²) in [5.41, 5.74) is 0.983. The number of hydrogen-bond acceptors (Lipinski definition) is 3. The number of aromatic nitrogens is 3. The van der Waals surface area contributed by atoms with Gasteiger partial charge in [-0.1, -0.05) is 12.5 Å². The summed E-state index contributed by atoms with van der Waals surface area (Å²) >= 11 is 0. The Morgan fingerprint density at radius 1 is 1.30 bits per heavy atom. The summed E-state index contributed by atoms with van der Waals surface area (Å²) in [6.45, 7) is 0.490. The Labute approximate surface area is 135 Å². The van der Waals surface area contributed by atoms with E-state index in [1.165, 1.54) is 19.3 Å². The van der Waals surface area contributed by atoms with Crippen LogP contribution in [0, 0.1) is 11.8 Å². The molecule has 2 aliphatic carbocycles. The Morgan fingerprint density at radius 3 is 2.91 bits per heavy atom. The van der Waals surface area contributed by atoms with Crippen LogP contribution >= 0.6 is 0 Å². The second kappa shape index (κ2) is 6.02. The molecule has 2 amide bonds. The van der Waals surface area contributed by atoms with Crippen LogP contribution in [0.3, 0.4) is 0 Å². The summed E-state index contributed by atoms with van der Waals surface area (Å²) in [4.78, 5) is 20.4. The van der Waals surface area contributed by atoms with Crippen LogP contribution in [0.15, 0.2) is 37.1 Å². The number of fused-ring (bicyclic) bond motifs is 2. The second-order valence-electron chi connectivity index (χ2n) is 6.60. The molecular weight excluding hydrogens is 290 g/mol. The first-order valence-electron chi connectivity index (χ1n) is 8.25. The average Bonchev–Trinajstić information content (AvgIpc) is 3.31. The van der Waals surface area contributed by atoms with Crippen LogP contribution in [0.25, 0.3) is 5.82 Å². The zero-order chi connectivity index (χ0) is 15.6. The number of carbonyl (C=O) groups excluding carboxylic acids is 1. The van der Waals surface area contributed by atoms with Gasteiger partial charge in [-0.15, -0.1) is 0 Å². The van der Waals surface area contributed by atoms with Crippen LogP contribution in [0.1, 0.15) is 31.2 Å². The Balaban J connectivity index is 1.28. The van der Waals surface area contributed by atoms with Gasteiger partial charge < -0.3 is 10.6 Å². The third kappa shape index (κ3) is 3.06.